The zero-order valence-electron chi connectivity index (χ0n) is 23.9. The summed E-state index contributed by atoms with van der Waals surface area (Å²) in [7, 11) is 0. The maximum atomic E-state index is 13.1. The minimum absolute atomic E-state index is 0.164. The van der Waals surface area contributed by atoms with Gasteiger partial charge in [0.05, 0.1) is 18.0 Å². The van der Waals surface area contributed by atoms with Crippen molar-refractivity contribution in [2.24, 2.45) is 22.6 Å². The van der Waals surface area contributed by atoms with E-state index < -0.39 is 17.7 Å². The molecule has 2 amide bonds. The van der Waals surface area contributed by atoms with Crippen molar-refractivity contribution < 1.29 is 14.3 Å². The molecule has 0 bridgehead atoms. The summed E-state index contributed by atoms with van der Waals surface area (Å²) >= 11 is 0. The third-order valence-corrected chi connectivity index (χ3v) is 7.45. The van der Waals surface area contributed by atoms with Crippen LogP contribution in [0.1, 0.15) is 70.6 Å². The van der Waals surface area contributed by atoms with Crippen molar-refractivity contribution in [3.8, 4) is 0 Å². The Labute approximate surface area is 232 Å². The molecular weight excluding hydrogens is 488 g/mol. The van der Waals surface area contributed by atoms with Crippen LogP contribution in [0, 0.1) is 18.8 Å². The van der Waals surface area contributed by atoms with Crippen LogP contribution in [0.4, 0.5) is 0 Å². The minimum atomic E-state index is -0.419. The molecule has 1 fully saturated rings. The SMILES string of the molecule is C=C(NC1=C(C(=C)/C=C\C(NC(=O)[C@H]2CCCC[C@@H]2C(N)=O)=C(C)C)CN=C1C)O[C@H](C)c1ccccc1C. The van der Waals surface area contributed by atoms with E-state index in [9.17, 15) is 9.59 Å². The molecule has 3 atom stereocenters. The molecule has 4 N–H and O–H groups in total. The lowest BCUT2D eigenvalue weighted by Crippen LogP contribution is -2.41. The van der Waals surface area contributed by atoms with E-state index in [2.05, 4.69) is 47.8 Å². The maximum absolute atomic E-state index is 13.1. The zero-order valence-corrected chi connectivity index (χ0v) is 23.9. The van der Waals surface area contributed by atoms with E-state index in [1.165, 1.54) is 0 Å². The number of amides is 2. The molecule has 1 aromatic rings. The smallest absolute Gasteiger partial charge is 0.228 e. The number of nitrogens with zero attached hydrogens (tertiary/aromatic N) is 1. The number of nitrogens with two attached hydrogens (primary N) is 1. The normalized spacial score (nSPS) is 19.8. The van der Waals surface area contributed by atoms with Gasteiger partial charge in [0.2, 0.25) is 11.8 Å². The van der Waals surface area contributed by atoms with E-state index in [-0.39, 0.29) is 12.0 Å². The van der Waals surface area contributed by atoms with Crippen molar-refractivity contribution in [3.05, 3.63) is 94.7 Å². The van der Waals surface area contributed by atoms with Crippen molar-refractivity contribution in [3.63, 3.8) is 0 Å². The molecule has 7 nitrogen and oxygen atoms in total. The van der Waals surface area contributed by atoms with Crippen molar-refractivity contribution >= 4 is 17.5 Å². The van der Waals surface area contributed by atoms with Gasteiger partial charge in [-0.15, -0.1) is 0 Å². The molecule has 1 aliphatic carbocycles. The Morgan fingerprint density at radius 2 is 1.77 bits per heavy atom. The van der Waals surface area contributed by atoms with Crippen LogP contribution in [0.3, 0.4) is 0 Å². The van der Waals surface area contributed by atoms with Crippen LogP contribution in [0.5, 0.6) is 0 Å². The largest absolute Gasteiger partial charge is 0.472 e. The second-order valence-electron chi connectivity index (χ2n) is 10.6. The van der Waals surface area contributed by atoms with E-state index in [1.807, 2.05) is 52.0 Å². The number of carbonyl (C=O) groups is 2. The predicted molar refractivity (Wildman–Crippen MR) is 157 cm³/mol. The molecule has 1 aromatic carbocycles. The Morgan fingerprint density at radius 1 is 1.10 bits per heavy atom. The highest BCUT2D eigenvalue weighted by Crippen LogP contribution is 2.30. The fraction of sp³-hybridized carbons (Fsp3) is 0.406. The summed E-state index contributed by atoms with van der Waals surface area (Å²) in [6.45, 7) is 18.7. The van der Waals surface area contributed by atoms with E-state index in [1.54, 1.807) is 0 Å². The average Bonchev–Trinajstić information content (AvgIpc) is 3.25. The van der Waals surface area contributed by atoms with E-state index in [0.29, 0.717) is 31.0 Å². The standard InChI is InChI=1S/C32H42N4O3/c1-19(2)29(36-32(38)27-15-11-10-14-26(27)31(33)37)17-16-21(4)28-18-34-22(5)30(28)35-24(7)39-23(6)25-13-9-8-12-20(25)3/h8-9,12-13,16-17,23,26-27,35H,4,7,10-11,14-15,18H2,1-3,5-6H3,(H2,33,37)(H,36,38)/b17-16-/t23-,26+,27+/m1/s1. The molecule has 0 unspecified atom stereocenters. The van der Waals surface area contributed by atoms with Gasteiger partial charge in [0, 0.05) is 23.1 Å². The number of aryl methyl sites for hydroxylation is 1. The fourth-order valence-corrected chi connectivity index (χ4v) is 5.12. The summed E-state index contributed by atoms with van der Waals surface area (Å²) in [5.74, 6) is -0.958. The Balaban J connectivity index is 1.70. The third-order valence-electron chi connectivity index (χ3n) is 7.45. The first-order valence-corrected chi connectivity index (χ1v) is 13.6. The number of benzene rings is 1. The van der Waals surface area contributed by atoms with Crippen molar-refractivity contribution in [1.29, 1.82) is 0 Å². The second kappa shape index (κ2) is 13.3. The van der Waals surface area contributed by atoms with E-state index >= 15 is 0 Å². The second-order valence-corrected chi connectivity index (χ2v) is 10.6. The number of carbonyl (C=O) groups excluding carboxylic acids is 2. The van der Waals surface area contributed by atoms with Gasteiger partial charge in [0.25, 0.3) is 0 Å². The van der Waals surface area contributed by atoms with Crippen LogP contribution >= 0.6 is 0 Å². The number of nitrogens with one attached hydrogen (secondary N) is 2. The average molecular weight is 531 g/mol. The lowest BCUT2D eigenvalue weighted by molar-refractivity contribution is -0.134. The molecule has 0 spiro atoms. The molecule has 7 heteroatoms. The molecule has 0 aromatic heterocycles. The molecule has 0 radical (unpaired) electrons. The Hall–Kier alpha value is -3.87. The zero-order chi connectivity index (χ0) is 28.7. The highest BCUT2D eigenvalue weighted by molar-refractivity contribution is 6.01. The maximum Gasteiger partial charge on any atom is 0.228 e. The van der Waals surface area contributed by atoms with Gasteiger partial charge in [0.15, 0.2) is 5.88 Å². The highest BCUT2D eigenvalue weighted by Gasteiger charge is 2.34. The number of ether oxygens (including phenoxy) is 1. The van der Waals surface area contributed by atoms with Crippen molar-refractivity contribution in [2.75, 3.05) is 6.54 Å². The van der Waals surface area contributed by atoms with Crippen LogP contribution in [-0.2, 0) is 14.3 Å². The van der Waals surface area contributed by atoms with Gasteiger partial charge in [0.1, 0.15) is 6.10 Å². The van der Waals surface area contributed by atoms with Gasteiger partial charge < -0.3 is 21.1 Å². The lowest BCUT2D eigenvalue weighted by Gasteiger charge is -2.28. The Bertz CT molecular complexity index is 1260. The van der Waals surface area contributed by atoms with Crippen LogP contribution < -0.4 is 16.4 Å². The number of rotatable bonds is 11. The number of hydrogen-bond donors (Lipinski definition) is 3. The van der Waals surface area contributed by atoms with Gasteiger partial charge in [-0.1, -0.05) is 55.3 Å². The Kier molecular flexibility index (Phi) is 10.1. The lowest BCUT2D eigenvalue weighted by atomic mass is 9.78. The molecule has 3 rings (SSSR count). The highest BCUT2D eigenvalue weighted by atomic mass is 16.5. The number of allylic oxidation sites excluding steroid dienone is 4. The molecular formula is C32H42N4O3. The van der Waals surface area contributed by atoms with Crippen LogP contribution in [0.2, 0.25) is 0 Å². The molecule has 1 saturated carbocycles. The third kappa shape index (κ3) is 7.59. The number of aliphatic imine (C=N–C) groups is 1. The summed E-state index contributed by atoms with van der Waals surface area (Å²) in [6.07, 6.45) is 6.72. The number of primary amides is 1. The molecule has 39 heavy (non-hydrogen) atoms. The first-order chi connectivity index (χ1) is 18.5. The topological polar surface area (TPSA) is 106 Å². The van der Waals surface area contributed by atoms with Gasteiger partial charge in [-0.2, -0.15) is 0 Å². The van der Waals surface area contributed by atoms with Gasteiger partial charge >= 0.3 is 0 Å². The van der Waals surface area contributed by atoms with Crippen molar-refractivity contribution in [1.82, 2.24) is 10.6 Å². The van der Waals surface area contributed by atoms with Crippen LogP contribution in [0.25, 0.3) is 0 Å². The van der Waals surface area contributed by atoms with E-state index in [4.69, 9.17) is 10.5 Å². The molecule has 1 aliphatic heterocycles. The van der Waals surface area contributed by atoms with Gasteiger partial charge in [-0.25, -0.2) is 0 Å². The van der Waals surface area contributed by atoms with Gasteiger partial charge in [-0.05, 0) is 76.8 Å². The molecule has 208 valence electrons. The Morgan fingerprint density at radius 3 is 2.41 bits per heavy atom. The van der Waals surface area contributed by atoms with Gasteiger partial charge in [-0.3, -0.25) is 14.6 Å². The molecule has 0 saturated heterocycles. The summed E-state index contributed by atoms with van der Waals surface area (Å²) in [5, 5.41) is 6.31. The quantitative estimate of drug-likeness (QED) is 0.253. The number of hydrogen-bond acceptors (Lipinski definition) is 5. The first kappa shape index (κ1) is 29.7. The fourth-order valence-electron chi connectivity index (χ4n) is 5.12. The van der Waals surface area contributed by atoms with Crippen molar-refractivity contribution in [2.45, 2.75) is 66.4 Å². The monoisotopic (exact) mass is 530 g/mol. The van der Waals surface area contributed by atoms with Crippen LogP contribution in [0.15, 0.2) is 88.6 Å². The summed E-state index contributed by atoms with van der Waals surface area (Å²) in [5.41, 5.74) is 12.8. The molecule has 2 aliphatic rings. The predicted octanol–water partition coefficient (Wildman–Crippen LogP) is 5.68. The summed E-state index contributed by atoms with van der Waals surface area (Å²) in [4.78, 5) is 29.6. The molecule has 1 heterocycles. The minimum Gasteiger partial charge on any atom is -0.472 e. The van der Waals surface area contributed by atoms with Crippen LogP contribution in [-0.4, -0.2) is 24.1 Å². The summed E-state index contributed by atoms with van der Waals surface area (Å²) in [6, 6.07) is 8.11. The van der Waals surface area contributed by atoms with E-state index in [0.717, 1.165) is 52.1 Å². The first-order valence-electron chi connectivity index (χ1n) is 13.6. The summed E-state index contributed by atoms with van der Waals surface area (Å²) < 4.78 is 6.08.